The fourth-order valence-corrected chi connectivity index (χ4v) is 13.7. The third-order valence-corrected chi connectivity index (χ3v) is 22.2. The van der Waals surface area contributed by atoms with Gasteiger partial charge in [-0.2, -0.15) is 0 Å². The minimum atomic E-state index is -3.52. The Morgan fingerprint density at radius 1 is 0.413 bits per heavy atom. The van der Waals surface area contributed by atoms with Crippen LogP contribution >= 0.6 is 0 Å². The summed E-state index contributed by atoms with van der Waals surface area (Å²) in [5.74, 6) is -5.68. The fourth-order valence-electron chi connectivity index (χ4n) is 11.2. The Hall–Kier alpha value is -7.58. The van der Waals surface area contributed by atoms with Crippen molar-refractivity contribution in [3.05, 3.63) is 178 Å². The van der Waals surface area contributed by atoms with E-state index in [0.29, 0.717) is 33.8 Å². The molecule has 0 atom stereocenters. The smallest absolute Gasteiger partial charge is 0.341 e. The van der Waals surface area contributed by atoms with Gasteiger partial charge in [-0.25, -0.2) is 61.6 Å². The second-order valence-electron chi connectivity index (χ2n) is 24.7. The van der Waals surface area contributed by atoms with Gasteiger partial charge in [0, 0.05) is 51.2 Å². The number of anilines is 2. The molecule has 12 rings (SSSR count). The standard InChI is InChI=1S/C22H25NO4S.C15H13FO4S.C15H19NO4S.C8H7FO4S.C7H13N/c1-28(25,26)18-7-8-19(21(24)27-16-17-5-3-2-4-6-17)20(15-18)23-13-11-22(9-10-22)12-14-23;1-21(18,19)12-7-8-13(14(16)9-12)15(17)20-10-11-5-3-2-4-6-11;1-21(19,20)11-2-3-12(14(17)18)13(10-11)16-8-6-15(4-5-15)7-9-16;1-14(12,13)5-2-3-6(8(10)11)7(9)4-5;1-2-7(1)3-5-8-6-4-7/h2-8,15H,9-14,16H2,1H3;2-9H,10H2,1H3;2-3,10H,4-9H2,1H3,(H,17,18);2-4H,1H3,(H,10,11);8H,1-6H2. The highest BCUT2D eigenvalue weighted by Gasteiger charge is 2.46. The highest BCUT2D eigenvalue weighted by atomic mass is 32.2. The number of hydrogen-bond donors (Lipinski definition) is 3. The summed E-state index contributed by atoms with van der Waals surface area (Å²) >= 11 is 0. The Kier molecular flexibility index (Phi) is 22.3. The van der Waals surface area contributed by atoms with Gasteiger partial charge < -0.3 is 34.8 Å². The van der Waals surface area contributed by atoms with E-state index < -0.39 is 80.4 Å². The molecule has 92 heavy (non-hydrogen) atoms. The summed E-state index contributed by atoms with van der Waals surface area (Å²) in [6.45, 7) is 6.04. The summed E-state index contributed by atoms with van der Waals surface area (Å²) in [6.07, 6.45) is 19.6. The maximum atomic E-state index is 13.8. The average molecular weight is 1350 g/mol. The quantitative estimate of drug-likeness (QED) is 0.0854. The molecule has 25 heteroatoms. The van der Waals surface area contributed by atoms with Crippen LogP contribution in [0.4, 0.5) is 20.2 Å². The number of carboxylic acid groups (broad SMARTS) is 2. The van der Waals surface area contributed by atoms with Crippen LogP contribution in [0.2, 0.25) is 0 Å². The molecule has 19 nitrogen and oxygen atoms in total. The first-order valence-corrected chi connectivity index (χ1v) is 37.6. The lowest BCUT2D eigenvalue weighted by molar-refractivity contribution is 0.0460. The van der Waals surface area contributed by atoms with Gasteiger partial charge in [0.2, 0.25) is 0 Å². The van der Waals surface area contributed by atoms with Gasteiger partial charge in [-0.1, -0.05) is 60.7 Å². The summed E-state index contributed by atoms with van der Waals surface area (Å²) in [5, 5.41) is 21.2. The molecule has 6 aromatic rings. The topological polar surface area (TPSA) is 282 Å². The Morgan fingerprint density at radius 2 is 0.717 bits per heavy atom. The zero-order chi connectivity index (χ0) is 66.9. The highest BCUT2D eigenvalue weighted by Crippen LogP contribution is 2.55. The maximum Gasteiger partial charge on any atom is 0.341 e. The van der Waals surface area contributed by atoms with Crippen molar-refractivity contribution in [2.45, 2.75) is 110 Å². The van der Waals surface area contributed by atoms with Crippen LogP contribution in [-0.4, -0.2) is 132 Å². The average Bonchev–Trinajstić information content (AvgIpc) is 1.50. The molecule has 3 aliphatic carbocycles. The lowest BCUT2D eigenvalue weighted by Gasteiger charge is -2.35. The zero-order valence-electron chi connectivity index (χ0n) is 51.7. The molecular formula is C67H77F2N3O16S4. The third kappa shape index (κ3) is 19.5. The van der Waals surface area contributed by atoms with Gasteiger partial charge in [0.15, 0.2) is 39.3 Å². The molecule has 3 saturated heterocycles. The van der Waals surface area contributed by atoms with Gasteiger partial charge in [0.25, 0.3) is 0 Å². The third-order valence-electron chi connectivity index (χ3n) is 17.7. The number of nitrogens with zero attached hydrogens (tertiary/aromatic N) is 2. The number of nitrogens with one attached hydrogen (secondary N) is 1. The second kappa shape index (κ2) is 29.2. The number of ether oxygens (including phenoxy) is 2. The van der Waals surface area contributed by atoms with E-state index >= 15 is 0 Å². The summed E-state index contributed by atoms with van der Waals surface area (Å²) < 4.78 is 129. The Labute approximate surface area is 536 Å². The lowest BCUT2D eigenvalue weighted by atomic mass is 9.93. The Bertz CT molecular complexity index is 4130. The fraction of sp³-hybridized carbons (Fsp3) is 0.403. The molecule has 6 aliphatic rings. The molecule has 6 fully saturated rings. The molecule has 0 bridgehead atoms. The first-order valence-electron chi connectivity index (χ1n) is 30.1. The van der Waals surface area contributed by atoms with Crippen molar-refractivity contribution < 1.29 is 81.3 Å². The van der Waals surface area contributed by atoms with Gasteiger partial charge in [0.1, 0.15) is 24.8 Å². The monoisotopic (exact) mass is 1350 g/mol. The molecule has 0 unspecified atom stereocenters. The summed E-state index contributed by atoms with van der Waals surface area (Å²) in [5.41, 5.74) is 4.51. The molecule has 0 amide bonds. The van der Waals surface area contributed by atoms with E-state index in [4.69, 9.17) is 14.6 Å². The van der Waals surface area contributed by atoms with Gasteiger partial charge in [-0.15, -0.1) is 0 Å². The lowest BCUT2D eigenvalue weighted by Crippen LogP contribution is -2.35. The second-order valence-corrected chi connectivity index (χ2v) is 32.8. The number of hydrogen-bond acceptors (Lipinski definition) is 17. The molecule has 3 N–H and O–H groups in total. The number of aromatic carboxylic acids is 2. The number of rotatable bonds is 14. The maximum absolute atomic E-state index is 13.8. The van der Waals surface area contributed by atoms with E-state index in [9.17, 15) is 66.7 Å². The van der Waals surface area contributed by atoms with Crippen LogP contribution in [0, 0.1) is 27.9 Å². The predicted molar refractivity (Wildman–Crippen MR) is 343 cm³/mol. The van der Waals surface area contributed by atoms with Crippen molar-refractivity contribution in [2.24, 2.45) is 16.2 Å². The zero-order valence-corrected chi connectivity index (χ0v) is 55.0. The number of halogens is 2. The van der Waals surface area contributed by atoms with E-state index in [1.807, 2.05) is 41.3 Å². The number of esters is 2. The molecular weight excluding hydrogens is 1270 g/mol. The van der Waals surface area contributed by atoms with Gasteiger partial charge >= 0.3 is 23.9 Å². The van der Waals surface area contributed by atoms with Crippen LogP contribution in [0.5, 0.6) is 0 Å². The molecule has 3 aliphatic heterocycles. The molecule has 0 radical (unpaired) electrons. The van der Waals surface area contributed by atoms with Crippen LogP contribution in [0.15, 0.2) is 153 Å². The normalized spacial score (nSPS) is 17.3. The van der Waals surface area contributed by atoms with Crippen LogP contribution in [0.1, 0.15) is 130 Å². The van der Waals surface area contributed by atoms with Crippen LogP contribution in [0.3, 0.4) is 0 Å². The number of sulfone groups is 4. The minimum Gasteiger partial charge on any atom is -0.478 e. The number of carbonyl (C=O) groups is 4. The van der Waals surface area contributed by atoms with Crippen LogP contribution in [-0.2, 0) is 62.0 Å². The van der Waals surface area contributed by atoms with Crippen molar-refractivity contribution in [3.8, 4) is 0 Å². The van der Waals surface area contributed by atoms with Gasteiger partial charge in [-0.05, 0) is 190 Å². The van der Waals surface area contributed by atoms with Crippen molar-refractivity contribution in [2.75, 3.05) is 74.1 Å². The molecule has 3 spiro atoms. The van der Waals surface area contributed by atoms with E-state index in [2.05, 4.69) is 10.2 Å². The molecule has 6 aromatic carbocycles. The summed E-state index contributed by atoms with van der Waals surface area (Å²) in [4.78, 5) is 50.5. The van der Waals surface area contributed by atoms with E-state index in [-0.39, 0.29) is 43.9 Å². The van der Waals surface area contributed by atoms with E-state index in [1.165, 1.54) is 101 Å². The van der Waals surface area contributed by atoms with Gasteiger partial charge in [-0.3, -0.25) is 0 Å². The first kappa shape index (κ1) is 70.3. The first-order chi connectivity index (χ1) is 43.3. The van der Waals surface area contributed by atoms with Crippen LogP contribution < -0.4 is 15.1 Å². The molecule has 3 saturated carbocycles. The number of benzene rings is 6. The van der Waals surface area contributed by atoms with Gasteiger partial charge in [0.05, 0.1) is 53.2 Å². The van der Waals surface area contributed by atoms with Crippen molar-refractivity contribution in [3.63, 3.8) is 0 Å². The molecule has 3 heterocycles. The van der Waals surface area contributed by atoms with Crippen LogP contribution in [0.25, 0.3) is 0 Å². The highest BCUT2D eigenvalue weighted by molar-refractivity contribution is 7.91. The summed E-state index contributed by atoms with van der Waals surface area (Å²) in [7, 11) is -13.7. The Morgan fingerprint density at radius 3 is 1.04 bits per heavy atom. The largest absolute Gasteiger partial charge is 0.478 e. The van der Waals surface area contributed by atoms with Crippen molar-refractivity contribution >= 4 is 74.6 Å². The predicted octanol–water partition coefficient (Wildman–Crippen LogP) is 10.7. The van der Waals surface area contributed by atoms with Crippen molar-refractivity contribution in [1.82, 2.24) is 5.32 Å². The Balaban J connectivity index is 0.000000155. The van der Waals surface area contributed by atoms with Crippen molar-refractivity contribution in [1.29, 1.82) is 0 Å². The van der Waals surface area contributed by atoms with E-state index in [1.54, 1.807) is 36.4 Å². The number of piperidine rings is 3. The minimum absolute atomic E-state index is 0.0208. The molecule has 494 valence electrons. The number of carbonyl (C=O) groups excluding carboxylic acids is 2. The molecule has 0 aromatic heterocycles. The SMILES string of the molecule is C1CC2(CCN1)CC2.CS(=O)(=O)c1ccc(C(=O)O)c(F)c1.CS(=O)(=O)c1ccc(C(=O)O)c(N2CCC3(CC2)CC3)c1.CS(=O)(=O)c1ccc(C(=O)OCc2ccccc2)c(F)c1.CS(=O)(=O)c1ccc(C(=O)OCc2ccccc2)c(N2CCC3(CC2)CC3)c1. The summed E-state index contributed by atoms with van der Waals surface area (Å²) in [6, 6.07) is 33.2. The number of carboxylic acids is 2. The van der Waals surface area contributed by atoms with E-state index in [0.717, 1.165) is 111 Å².